The number of hydrogen-bond donors (Lipinski definition) is 0. The van der Waals surface area contributed by atoms with Crippen LogP contribution in [0.15, 0.2) is 18.3 Å². The first-order valence-corrected chi connectivity index (χ1v) is 9.62. The quantitative estimate of drug-likeness (QED) is 0.851. The number of rotatable bonds is 4. The van der Waals surface area contributed by atoms with Gasteiger partial charge in [0.05, 0.1) is 0 Å². The van der Waals surface area contributed by atoms with E-state index in [1.165, 1.54) is 5.56 Å². The third-order valence-corrected chi connectivity index (χ3v) is 6.70. The van der Waals surface area contributed by atoms with Crippen molar-refractivity contribution < 1.29 is 8.42 Å². The third-order valence-electron chi connectivity index (χ3n) is 4.70. The Bertz CT molecular complexity index is 594. The van der Waals surface area contributed by atoms with Crippen LogP contribution in [0.2, 0.25) is 0 Å². The normalized spacial score (nSPS) is 24.7. The number of hydrogen-bond acceptors (Lipinski definition) is 3. The van der Waals surface area contributed by atoms with E-state index >= 15 is 0 Å². The van der Waals surface area contributed by atoms with Crippen molar-refractivity contribution in [1.29, 1.82) is 0 Å². The van der Waals surface area contributed by atoms with Crippen LogP contribution in [-0.2, 0) is 16.6 Å². The molecule has 6 heteroatoms. The summed E-state index contributed by atoms with van der Waals surface area (Å²) in [4.78, 5) is 4.34. The molecule has 22 heavy (non-hydrogen) atoms. The van der Waals surface area contributed by atoms with Crippen LogP contribution < -0.4 is 0 Å². The molecule has 0 saturated carbocycles. The molecule has 2 fully saturated rings. The molecule has 0 radical (unpaired) electrons. The fourth-order valence-electron chi connectivity index (χ4n) is 3.44. The minimum atomic E-state index is -3.24. The van der Waals surface area contributed by atoms with Crippen LogP contribution in [0.3, 0.4) is 0 Å². The minimum absolute atomic E-state index is 0.399. The van der Waals surface area contributed by atoms with E-state index in [0.29, 0.717) is 32.1 Å². The molecule has 0 N–H and O–H groups in total. The molecule has 0 aromatic carbocycles. The van der Waals surface area contributed by atoms with Gasteiger partial charge in [0.25, 0.3) is 10.2 Å². The highest BCUT2D eigenvalue weighted by Gasteiger charge is 2.34. The summed E-state index contributed by atoms with van der Waals surface area (Å²) in [7, 11) is -3.24. The molecular weight excluding hydrogens is 298 g/mol. The van der Waals surface area contributed by atoms with Crippen LogP contribution in [-0.4, -0.2) is 48.2 Å². The predicted octanol–water partition coefficient (Wildman–Crippen LogP) is 1.99. The molecule has 0 amide bonds. The van der Waals surface area contributed by atoms with E-state index in [1.807, 2.05) is 19.2 Å². The fraction of sp³-hybridized carbons (Fsp3) is 0.688. The van der Waals surface area contributed by atoms with Gasteiger partial charge in [-0.2, -0.15) is 17.0 Å². The average molecular weight is 323 g/mol. The van der Waals surface area contributed by atoms with Crippen molar-refractivity contribution >= 4 is 10.2 Å². The molecule has 2 saturated heterocycles. The van der Waals surface area contributed by atoms with Gasteiger partial charge in [-0.3, -0.25) is 4.98 Å². The molecule has 1 atom stereocenters. The van der Waals surface area contributed by atoms with Gasteiger partial charge in [0.15, 0.2) is 0 Å². The smallest absolute Gasteiger partial charge is 0.261 e. The summed E-state index contributed by atoms with van der Waals surface area (Å²) in [6.45, 7) is 4.67. The van der Waals surface area contributed by atoms with Crippen LogP contribution >= 0.6 is 0 Å². The van der Waals surface area contributed by atoms with Gasteiger partial charge in [0.2, 0.25) is 0 Å². The van der Waals surface area contributed by atoms with Crippen molar-refractivity contribution in [3.8, 4) is 0 Å². The Morgan fingerprint density at radius 3 is 2.55 bits per heavy atom. The van der Waals surface area contributed by atoms with Gasteiger partial charge < -0.3 is 0 Å². The molecule has 122 valence electrons. The van der Waals surface area contributed by atoms with E-state index in [9.17, 15) is 8.42 Å². The number of nitrogens with zero attached hydrogens (tertiary/aromatic N) is 3. The highest BCUT2D eigenvalue weighted by Crippen LogP contribution is 2.25. The first-order chi connectivity index (χ1) is 10.6. The standard InChI is InChI=1S/C16H25N3O2S/c1-14-6-7-15(12-17-14)11-16-5-4-10-19(13-16)22(20,21)18-8-2-3-9-18/h6-7,12,16H,2-5,8-11,13H2,1H3. The molecule has 0 spiro atoms. The van der Waals surface area contributed by atoms with Crippen molar-refractivity contribution in [2.45, 2.75) is 39.0 Å². The Hall–Kier alpha value is -0.980. The maximum absolute atomic E-state index is 12.7. The van der Waals surface area contributed by atoms with E-state index in [1.54, 1.807) is 8.61 Å². The van der Waals surface area contributed by atoms with Crippen molar-refractivity contribution in [2.24, 2.45) is 5.92 Å². The minimum Gasteiger partial charge on any atom is -0.261 e. The summed E-state index contributed by atoms with van der Waals surface area (Å²) in [6.07, 6.45) is 6.87. The first kappa shape index (κ1) is 15.9. The molecule has 3 rings (SSSR count). The summed E-state index contributed by atoms with van der Waals surface area (Å²) < 4.78 is 28.7. The van der Waals surface area contributed by atoms with E-state index in [-0.39, 0.29) is 0 Å². The summed E-state index contributed by atoms with van der Waals surface area (Å²) in [5, 5.41) is 0. The Morgan fingerprint density at radius 2 is 1.86 bits per heavy atom. The maximum atomic E-state index is 12.7. The third kappa shape index (κ3) is 3.50. The van der Waals surface area contributed by atoms with E-state index in [0.717, 1.165) is 37.8 Å². The van der Waals surface area contributed by atoms with Gasteiger partial charge in [0.1, 0.15) is 0 Å². The van der Waals surface area contributed by atoms with E-state index in [4.69, 9.17) is 0 Å². The lowest BCUT2D eigenvalue weighted by atomic mass is 9.93. The predicted molar refractivity (Wildman–Crippen MR) is 86.7 cm³/mol. The van der Waals surface area contributed by atoms with Crippen LogP contribution in [0.25, 0.3) is 0 Å². The molecule has 1 unspecified atom stereocenters. The van der Waals surface area contributed by atoms with Gasteiger partial charge >= 0.3 is 0 Å². The average Bonchev–Trinajstić information content (AvgIpc) is 3.05. The van der Waals surface area contributed by atoms with Gasteiger partial charge in [-0.15, -0.1) is 0 Å². The first-order valence-electron chi connectivity index (χ1n) is 8.22. The molecule has 2 aliphatic heterocycles. The van der Waals surface area contributed by atoms with Crippen molar-refractivity contribution in [1.82, 2.24) is 13.6 Å². The molecule has 5 nitrogen and oxygen atoms in total. The SMILES string of the molecule is Cc1ccc(CC2CCCN(S(=O)(=O)N3CCCC3)C2)cn1. The summed E-state index contributed by atoms with van der Waals surface area (Å²) >= 11 is 0. The molecule has 0 bridgehead atoms. The Balaban J connectivity index is 1.65. The van der Waals surface area contributed by atoms with Gasteiger partial charge in [-0.05, 0) is 56.6 Å². The van der Waals surface area contributed by atoms with Crippen LogP contribution in [0.4, 0.5) is 0 Å². The van der Waals surface area contributed by atoms with Crippen LogP contribution in [0.5, 0.6) is 0 Å². The van der Waals surface area contributed by atoms with E-state index in [2.05, 4.69) is 11.1 Å². The number of piperidine rings is 1. The largest absolute Gasteiger partial charge is 0.281 e. The molecule has 1 aromatic rings. The van der Waals surface area contributed by atoms with Gasteiger partial charge in [-0.1, -0.05) is 6.07 Å². The van der Waals surface area contributed by atoms with Crippen molar-refractivity contribution in [3.63, 3.8) is 0 Å². The molecule has 2 aliphatic rings. The lowest BCUT2D eigenvalue weighted by Gasteiger charge is -2.34. The van der Waals surface area contributed by atoms with Crippen molar-refractivity contribution in [2.75, 3.05) is 26.2 Å². The Labute approximate surface area is 133 Å². The topological polar surface area (TPSA) is 53.5 Å². The summed E-state index contributed by atoms with van der Waals surface area (Å²) in [5.74, 6) is 0.399. The number of aryl methyl sites for hydroxylation is 1. The second-order valence-electron chi connectivity index (χ2n) is 6.49. The van der Waals surface area contributed by atoms with Gasteiger partial charge in [-0.25, -0.2) is 0 Å². The lowest BCUT2D eigenvalue weighted by Crippen LogP contribution is -2.47. The lowest BCUT2D eigenvalue weighted by molar-refractivity contribution is 0.250. The zero-order valence-electron chi connectivity index (χ0n) is 13.2. The fourth-order valence-corrected chi connectivity index (χ4v) is 5.24. The number of pyridine rings is 1. The number of aromatic nitrogens is 1. The monoisotopic (exact) mass is 323 g/mol. The highest BCUT2D eigenvalue weighted by molar-refractivity contribution is 7.86. The Morgan fingerprint density at radius 1 is 1.14 bits per heavy atom. The van der Waals surface area contributed by atoms with E-state index < -0.39 is 10.2 Å². The molecule has 1 aromatic heterocycles. The second-order valence-corrected chi connectivity index (χ2v) is 8.42. The van der Waals surface area contributed by atoms with Crippen molar-refractivity contribution in [3.05, 3.63) is 29.6 Å². The van der Waals surface area contributed by atoms with Gasteiger partial charge in [0, 0.05) is 38.1 Å². The second kappa shape index (κ2) is 6.64. The maximum Gasteiger partial charge on any atom is 0.281 e. The highest BCUT2D eigenvalue weighted by atomic mass is 32.2. The van der Waals surface area contributed by atoms with Crippen LogP contribution in [0.1, 0.15) is 36.9 Å². The summed E-state index contributed by atoms with van der Waals surface area (Å²) in [5.41, 5.74) is 2.22. The zero-order chi connectivity index (χ0) is 15.6. The van der Waals surface area contributed by atoms with Crippen LogP contribution in [0, 0.1) is 12.8 Å². The zero-order valence-corrected chi connectivity index (χ0v) is 14.1. The molecule has 0 aliphatic carbocycles. The molecular formula is C16H25N3O2S. The molecule has 3 heterocycles. The summed E-state index contributed by atoms with van der Waals surface area (Å²) in [6, 6.07) is 4.13. The Kier molecular flexibility index (Phi) is 4.80.